The number of anilines is 1. The van der Waals surface area contributed by atoms with E-state index in [1.165, 1.54) is 0 Å². The zero-order valence-electron chi connectivity index (χ0n) is 9.93. The maximum Gasteiger partial charge on any atom is 0.271 e. The molecule has 0 aliphatic carbocycles. The standard InChI is InChI=1S/C12H12ClN5O/c13-9-4-5-10(18-14)17-11(9)12(19)16-7-8-3-1-2-6-15-8/h1-6H,7,14H2,(H,16,19)(H,17,18). The van der Waals surface area contributed by atoms with E-state index < -0.39 is 0 Å². The molecule has 0 aliphatic heterocycles. The summed E-state index contributed by atoms with van der Waals surface area (Å²) < 4.78 is 0. The van der Waals surface area contributed by atoms with Crippen LogP contribution in [0.15, 0.2) is 36.5 Å². The van der Waals surface area contributed by atoms with Crippen molar-refractivity contribution in [1.29, 1.82) is 0 Å². The first-order chi connectivity index (χ1) is 9.20. The summed E-state index contributed by atoms with van der Waals surface area (Å²) in [7, 11) is 0. The molecule has 0 saturated heterocycles. The molecule has 2 rings (SSSR count). The maximum absolute atomic E-state index is 12.0. The van der Waals surface area contributed by atoms with Gasteiger partial charge in [0.2, 0.25) is 0 Å². The van der Waals surface area contributed by atoms with Crippen LogP contribution in [0.25, 0.3) is 0 Å². The van der Waals surface area contributed by atoms with Crippen molar-refractivity contribution in [2.75, 3.05) is 5.43 Å². The zero-order chi connectivity index (χ0) is 13.7. The van der Waals surface area contributed by atoms with Gasteiger partial charge >= 0.3 is 0 Å². The van der Waals surface area contributed by atoms with Crippen LogP contribution in [0.5, 0.6) is 0 Å². The number of rotatable bonds is 4. The third kappa shape index (κ3) is 3.40. The smallest absolute Gasteiger partial charge is 0.271 e. The van der Waals surface area contributed by atoms with Crippen molar-refractivity contribution in [1.82, 2.24) is 15.3 Å². The number of aromatic nitrogens is 2. The lowest BCUT2D eigenvalue weighted by Gasteiger charge is -2.07. The van der Waals surface area contributed by atoms with Gasteiger partial charge in [-0.3, -0.25) is 9.78 Å². The van der Waals surface area contributed by atoms with Crippen molar-refractivity contribution < 1.29 is 4.79 Å². The highest BCUT2D eigenvalue weighted by molar-refractivity contribution is 6.33. The molecular weight excluding hydrogens is 266 g/mol. The van der Waals surface area contributed by atoms with Crippen molar-refractivity contribution in [3.63, 3.8) is 0 Å². The van der Waals surface area contributed by atoms with Gasteiger partial charge in [-0.05, 0) is 24.3 Å². The Morgan fingerprint density at radius 2 is 2.16 bits per heavy atom. The van der Waals surface area contributed by atoms with Gasteiger partial charge in [-0.25, -0.2) is 10.8 Å². The van der Waals surface area contributed by atoms with Crippen LogP contribution in [0.3, 0.4) is 0 Å². The Balaban J connectivity index is 2.08. The van der Waals surface area contributed by atoms with E-state index in [1.54, 1.807) is 24.4 Å². The molecule has 0 bridgehead atoms. The summed E-state index contributed by atoms with van der Waals surface area (Å²) in [5, 5.41) is 2.95. The number of nitrogens with zero attached hydrogens (tertiary/aromatic N) is 2. The van der Waals surface area contributed by atoms with Gasteiger partial charge in [0, 0.05) is 6.20 Å². The molecule has 1 amide bonds. The Morgan fingerprint density at radius 1 is 1.32 bits per heavy atom. The molecule has 0 unspecified atom stereocenters. The minimum Gasteiger partial charge on any atom is -0.345 e. The Labute approximate surface area is 115 Å². The first-order valence-electron chi connectivity index (χ1n) is 5.52. The van der Waals surface area contributed by atoms with E-state index in [4.69, 9.17) is 17.4 Å². The minimum atomic E-state index is -0.382. The largest absolute Gasteiger partial charge is 0.345 e. The van der Waals surface area contributed by atoms with Crippen LogP contribution >= 0.6 is 11.6 Å². The molecule has 2 aromatic rings. The van der Waals surface area contributed by atoms with E-state index in [0.717, 1.165) is 5.69 Å². The minimum absolute atomic E-state index is 0.119. The normalized spacial score (nSPS) is 10.0. The van der Waals surface area contributed by atoms with Crippen LogP contribution in [0.1, 0.15) is 16.2 Å². The van der Waals surface area contributed by atoms with E-state index in [2.05, 4.69) is 20.7 Å². The lowest BCUT2D eigenvalue weighted by Crippen LogP contribution is -2.25. The fourth-order valence-electron chi connectivity index (χ4n) is 1.44. The molecule has 0 saturated carbocycles. The van der Waals surface area contributed by atoms with Gasteiger partial charge in [-0.15, -0.1) is 0 Å². The molecule has 0 aliphatic rings. The van der Waals surface area contributed by atoms with Gasteiger partial charge in [0.15, 0.2) is 0 Å². The number of halogens is 1. The third-order valence-corrected chi connectivity index (χ3v) is 2.67. The quantitative estimate of drug-likeness (QED) is 0.579. The highest BCUT2D eigenvalue weighted by atomic mass is 35.5. The highest BCUT2D eigenvalue weighted by Crippen LogP contribution is 2.16. The fraction of sp³-hybridized carbons (Fsp3) is 0.0833. The third-order valence-electron chi connectivity index (χ3n) is 2.37. The maximum atomic E-state index is 12.0. The Kier molecular flexibility index (Phi) is 4.27. The van der Waals surface area contributed by atoms with Gasteiger partial charge in [0.25, 0.3) is 5.91 Å². The highest BCUT2D eigenvalue weighted by Gasteiger charge is 2.12. The van der Waals surface area contributed by atoms with Gasteiger partial charge in [0.05, 0.1) is 17.3 Å². The van der Waals surface area contributed by atoms with Crippen molar-refractivity contribution >= 4 is 23.3 Å². The summed E-state index contributed by atoms with van der Waals surface area (Å²) >= 11 is 5.92. The molecule has 0 atom stereocenters. The van der Waals surface area contributed by atoms with E-state index in [0.29, 0.717) is 12.4 Å². The zero-order valence-corrected chi connectivity index (χ0v) is 10.7. The second-order valence-corrected chi connectivity index (χ2v) is 4.08. The van der Waals surface area contributed by atoms with E-state index in [-0.39, 0.29) is 16.6 Å². The number of nitrogen functional groups attached to an aromatic ring is 1. The predicted octanol–water partition coefficient (Wildman–Crippen LogP) is 1.35. The number of hydrogen-bond acceptors (Lipinski definition) is 5. The van der Waals surface area contributed by atoms with Crippen LogP contribution in [0.4, 0.5) is 5.82 Å². The van der Waals surface area contributed by atoms with Crippen LogP contribution < -0.4 is 16.6 Å². The number of pyridine rings is 2. The number of carbonyl (C=O) groups is 1. The van der Waals surface area contributed by atoms with Gasteiger partial charge in [-0.2, -0.15) is 0 Å². The van der Waals surface area contributed by atoms with Crippen molar-refractivity contribution in [3.8, 4) is 0 Å². The van der Waals surface area contributed by atoms with Crippen LogP contribution in [-0.2, 0) is 6.54 Å². The molecule has 0 spiro atoms. The second kappa shape index (κ2) is 6.12. The van der Waals surface area contributed by atoms with Crippen molar-refractivity contribution in [2.45, 2.75) is 6.54 Å². The summed E-state index contributed by atoms with van der Waals surface area (Å²) in [6.07, 6.45) is 1.66. The number of nitrogens with two attached hydrogens (primary N) is 1. The van der Waals surface area contributed by atoms with Crippen LogP contribution in [0.2, 0.25) is 5.02 Å². The molecule has 6 nitrogen and oxygen atoms in total. The second-order valence-electron chi connectivity index (χ2n) is 3.68. The molecule has 98 valence electrons. The molecule has 0 aromatic carbocycles. The molecular formula is C12H12ClN5O. The van der Waals surface area contributed by atoms with Gasteiger partial charge in [-0.1, -0.05) is 17.7 Å². The topological polar surface area (TPSA) is 92.9 Å². The first kappa shape index (κ1) is 13.3. The molecule has 7 heteroatoms. The Bertz CT molecular complexity index is 576. The van der Waals surface area contributed by atoms with Crippen LogP contribution in [-0.4, -0.2) is 15.9 Å². The van der Waals surface area contributed by atoms with Crippen molar-refractivity contribution in [3.05, 3.63) is 52.9 Å². The summed E-state index contributed by atoms with van der Waals surface area (Å²) in [5.74, 6) is 5.22. The molecule has 19 heavy (non-hydrogen) atoms. The monoisotopic (exact) mass is 277 g/mol. The summed E-state index contributed by atoms with van der Waals surface area (Å²) in [6.45, 7) is 0.304. The van der Waals surface area contributed by atoms with Gasteiger partial charge < -0.3 is 10.7 Å². The number of hydrazine groups is 1. The molecule has 0 radical (unpaired) electrons. The van der Waals surface area contributed by atoms with Gasteiger partial charge in [0.1, 0.15) is 11.5 Å². The van der Waals surface area contributed by atoms with E-state index in [1.807, 2.05) is 12.1 Å². The predicted molar refractivity (Wildman–Crippen MR) is 72.5 cm³/mol. The van der Waals surface area contributed by atoms with Crippen LogP contribution in [0, 0.1) is 0 Å². The average Bonchev–Trinajstić information content (AvgIpc) is 2.46. The fourth-order valence-corrected chi connectivity index (χ4v) is 1.63. The Hall–Kier alpha value is -2.18. The molecule has 2 heterocycles. The average molecular weight is 278 g/mol. The molecule has 0 fully saturated rings. The summed E-state index contributed by atoms with van der Waals surface area (Å²) in [6, 6.07) is 8.60. The Morgan fingerprint density at radius 3 is 2.84 bits per heavy atom. The lowest BCUT2D eigenvalue weighted by atomic mass is 10.3. The number of amides is 1. The number of carbonyl (C=O) groups excluding carboxylic acids is 1. The molecule has 4 N–H and O–H groups in total. The summed E-state index contributed by atoms with van der Waals surface area (Å²) in [4.78, 5) is 20.1. The molecule has 2 aromatic heterocycles. The number of nitrogens with one attached hydrogen (secondary N) is 2. The SMILES string of the molecule is NNc1ccc(Cl)c(C(=O)NCc2ccccn2)n1. The van der Waals surface area contributed by atoms with E-state index in [9.17, 15) is 4.79 Å². The summed E-state index contributed by atoms with van der Waals surface area (Å²) in [5.41, 5.74) is 3.23. The lowest BCUT2D eigenvalue weighted by molar-refractivity contribution is 0.0945. The first-order valence-corrected chi connectivity index (χ1v) is 5.90. The number of hydrogen-bond donors (Lipinski definition) is 3. The van der Waals surface area contributed by atoms with E-state index >= 15 is 0 Å². The van der Waals surface area contributed by atoms with Crippen molar-refractivity contribution in [2.24, 2.45) is 5.84 Å².